The van der Waals surface area contributed by atoms with Gasteiger partial charge in [0.1, 0.15) is 0 Å². The lowest BCUT2D eigenvalue weighted by Gasteiger charge is -2.32. The lowest BCUT2D eigenvalue weighted by molar-refractivity contribution is -0.126. The second-order valence-corrected chi connectivity index (χ2v) is 7.07. The van der Waals surface area contributed by atoms with E-state index in [9.17, 15) is 14.7 Å². The molecule has 0 aromatic carbocycles. The average Bonchev–Trinajstić information content (AvgIpc) is 3.05. The fraction of sp³-hybridized carbons (Fsp3) is 0.625. The van der Waals surface area contributed by atoms with Crippen molar-refractivity contribution in [2.75, 3.05) is 19.6 Å². The van der Waals surface area contributed by atoms with Gasteiger partial charge in [0.2, 0.25) is 5.91 Å². The summed E-state index contributed by atoms with van der Waals surface area (Å²) in [5, 5.41) is 14.4. The van der Waals surface area contributed by atoms with E-state index in [1.807, 2.05) is 31.4 Å². The molecule has 1 aliphatic heterocycles. The third-order valence-corrected chi connectivity index (χ3v) is 4.92. The number of nitrogens with zero attached hydrogens (tertiary/aromatic N) is 1. The number of carbonyl (C=O) groups excluding carboxylic acids is 2. The van der Waals surface area contributed by atoms with Crippen LogP contribution < -0.4 is 5.32 Å². The summed E-state index contributed by atoms with van der Waals surface area (Å²) in [6.07, 6.45) is 1.09. The molecule has 0 radical (unpaired) electrons. The molecular weight excluding hydrogens is 300 g/mol. The highest BCUT2D eigenvalue weighted by Gasteiger charge is 2.29. The van der Waals surface area contributed by atoms with E-state index in [1.165, 1.54) is 11.3 Å². The molecule has 0 aliphatic carbocycles. The number of hydrogen-bond acceptors (Lipinski definition) is 4. The van der Waals surface area contributed by atoms with Crippen molar-refractivity contribution in [2.24, 2.45) is 11.8 Å². The van der Waals surface area contributed by atoms with E-state index in [0.717, 1.165) is 17.7 Å². The van der Waals surface area contributed by atoms with E-state index in [-0.39, 0.29) is 30.2 Å². The smallest absolute Gasteiger partial charge is 0.263 e. The zero-order valence-corrected chi connectivity index (χ0v) is 13.9. The minimum absolute atomic E-state index is 0.00900. The zero-order chi connectivity index (χ0) is 16.1. The van der Waals surface area contributed by atoms with Crippen molar-refractivity contribution in [1.29, 1.82) is 0 Å². The Morgan fingerprint density at radius 2 is 2.27 bits per heavy atom. The largest absolute Gasteiger partial charge is 0.391 e. The number of amides is 2. The van der Waals surface area contributed by atoms with Crippen molar-refractivity contribution < 1.29 is 14.7 Å². The van der Waals surface area contributed by atoms with Gasteiger partial charge in [0, 0.05) is 19.6 Å². The molecule has 2 rings (SSSR count). The van der Waals surface area contributed by atoms with Crippen molar-refractivity contribution >= 4 is 23.2 Å². The third kappa shape index (κ3) is 4.30. The molecule has 1 saturated heterocycles. The maximum atomic E-state index is 12.3. The molecule has 1 aliphatic rings. The predicted octanol–water partition coefficient (Wildman–Crippen LogP) is 1.73. The Labute approximate surface area is 135 Å². The van der Waals surface area contributed by atoms with Gasteiger partial charge in [0.15, 0.2) is 0 Å². The van der Waals surface area contributed by atoms with E-state index in [0.29, 0.717) is 13.1 Å². The number of thiophene rings is 1. The van der Waals surface area contributed by atoms with Crippen LogP contribution in [0, 0.1) is 11.8 Å². The van der Waals surface area contributed by atoms with Crippen LogP contribution in [0.3, 0.4) is 0 Å². The van der Waals surface area contributed by atoms with Crippen LogP contribution in [0.5, 0.6) is 0 Å². The second-order valence-electron chi connectivity index (χ2n) is 6.12. The molecule has 1 fully saturated rings. The molecule has 5 nitrogen and oxygen atoms in total. The molecule has 6 heteroatoms. The Hall–Kier alpha value is -1.40. The summed E-state index contributed by atoms with van der Waals surface area (Å²) in [5.74, 6) is -0.126. The summed E-state index contributed by atoms with van der Waals surface area (Å²) in [5.41, 5.74) is 0. The average molecular weight is 324 g/mol. The number of piperidine rings is 1. The van der Waals surface area contributed by atoms with Gasteiger partial charge in [-0.25, -0.2) is 0 Å². The molecule has 0 saturated carbocycles. The van der Waals surface area contributed by atoms with E-state index in [4.69, 9.17) is 0 Å². The molecule has 22 heavy (non-hydrogen) atoms. The molecule has 2 atom stereocenters. The first kappa shape index (κ1) is 17.0. The third-order valence-electron chi connectivity index (χ3n) is 4.07. The zero-order valence-electron chi connectivity index (χ0n) is 13.1. The van der Waals surface area contributed by atoms with E-state index < -0.39 is 6.10 Å². The molecule has 0 bridgehead atoms. The van der Waals surface area contributed by atoms with Crippen molar-refractivity contribution in [2.45, 2.75) is 32.8 Å². The maximum Gasteiger partial charge on any atom is 0.263 e. The molecule has 1 aromatic heterocycles. The summed E-state index contributed by atoms with van der Waals surface area (Å²) >= 11 is 1.43. The second kappa shape index (κ2) is 7.74. The lowest BCUT2D eigenvalue weighted by Crippen LogP contribution is -2.46. The molecule has 2 heterocycles. The summed E-state index contributed by atoms with van der Waals surface area (Å²) in [6.45, 7) is 5.26. The van der Waals surface area contributed by atoms with E-state index >= 15 is 0 Å². The van der Waals surface area contributed by atoms with Crippen LogP contribution in [0.4, 0.5) is 0 Å². The van der Waals surface area contributed by atoms with Gasteiger partial charge in [-0.05, 0) is 30.2 Å². The van der Waals surface area contributed by atoms with Gasteiger partial charge < -0.3 is 15.3 Å². The predicted molar refractivity (Wildman–Crippen MR) is 86.8 cm³/mol. The first-order chi connectivity index (χ1) is 10.5. The van der Waals surface area contributed by atoms with Crippen molar-refractivity contribution in [1.82, 2.24) is 10.2 Å². The van der Waals surface area contributed by atoms with Crippen LogP contribution in [0.25, 0.3) is 0 Å². The van der Waals surface area contributed by atoms with Gasteiger partial charge in [-0.2, -0.15) is 0 Å². The molecule has 122 valence electrons. The van der Waals surface area contributed by atoms with Crippen molar-refractivity contribution in [3.63, 3.8) is 0 Å². The molecule has 2 unspecified atom stereocenters. The normalized spacial score (nSPS) is 20.0. The number of nitrogens with one attached hydrogen (secondary N) is 1. The highest BCUT2D eigenvalue weighted by atomic mass is 32.1. The molecule has 1 aromatic rings. The van der Waals surface area contributed by atoms with Crippen molar-refractivity contribution in [3.8, 4) is 0 Å². The van der Waals surface area contributed by atoms with E-state index in [2.05, 4.69) is 5.32 Å². The van der Waals surface area contributed by atoms with Gasteiger partial charge in [0.05, 0.1) is 16.9 Å². The number of likely N-dealkylation sites (tertiary alicyclic amines) is 1. The van der Waals surface area contributed by atoms with Gasteiger partial charge >= 0.3 is 0 Å². The minimum atomic E-state index is -0.531. The van der Waals surface area contributed by atoms with Crippen LogP contribution in [-0.2, 0) is 4.79 Å². The minimum Gasteiger partial charge on any atom is -0.391 e. The monoisotopic (exact) mass is 324 g/mol. The highest BCUT2D eigenvalue weighted by molar-refractivity contribution is 7.12. The van der Waals surface area contributed by atoms with Gasteiger partial charge in [-0.15, -0.1) is 11.3 Å². The highest BCUT2D eigenvalue weighted by Crippen LogP contribution is 2.20. The summed E-state index contributed by atoms with van der Waals surface area (Å²) in [4.78, 5) is 27.1. The van der Waals surface area contributed by atoms with E-state index in [1.54, 1.807) is 4.90 Å². The first-order valence-corrected chi connectivity index (χ1v) is 8.65. The van der Waals surface area contributed by atoms with Gasteiger partial charge in [-0.3, -0.25) is 9.59 Å². The Morgan fingerprint density at radius 3 is 2.91 bits per heavy atom. The van der Waals surface area contributed by atoms with Crippen LogP contribution in [0.2, 0.25) is 0 Å². The number of aliphatic hydroxyl groups is 1. The van der Waals surface area contributed by atoms with Crippen LogP contribution in [0.15, 0.2) is 17.5 Å². The number of rotatable bonds is 5. The Balaban J connectivity index is 1.87. The fourth-order valence-corrected chi connectivity index (χ4v) is 3.21. The Bertz CT molecular complexity index is 501. The molecule has 2 amide bonds. The van der Waals surface area contributed by atoms with Gasteiger partial charge in [-0.1, -0.05) is 19.9 Å². The van der Waals surface area contributed by atoms with Crippen LogP contribution in [0.1, 0.15) is 36.4 Å². The number of carbonyl (C=O) groups is 2. The molecule has 2 N–H and O–H groups in total. The fourth-order valence-electron chi connectivity index (χ4n) is 2.52. The Kier molecular flexibility index (Phi) is 5.97. The van der Waals surface area contributed by atoms with Crippen LogP contribution in [-0.4, -0.2) is 47.6 Å². The SMILES string of the molecule is CC(C)C(O)CNC(=O)C1CCCN(C(=O)c2cccs2)C1. The first-order valence-electron chi connectivity index (χ1n) is 7.77. The topological polar surface area (TPSA) is 69.6 Å². The summed E-state index contributed by atoms with van der Waals surface area (Å²) in [6, 6.07) is 3.68. The standard InChI is InChI=1S/C16H24N2O3S/c1-11(2)13(19)9-17-15(20)12-5-3-7-18(10-12)16(21)14-6-4-8-22-14/h4,6,8,11-13,19H,3,5,7,9-10H2,1-2H3,(H,17,20). The van der Waals surface area contributed by atoms with Gasteiger partial charge in [0.25, 0.3) is 5.91 Å². The number of aliphatic hydroxyl groups excluding tert-OH is 1. The molecular formula is C16H24N2O3S. The lowest BCUT2D eigenvalue weighted by atomic mass is 9.96. The quantitative estimate of drug-likeness (QED) is 0.867. The molecule has 0 spiro atoms. The van der Waals surface area contributed by atoms with Crippen LogP contribution >= 0.6 is 11.3 Å². The van der Waals surface area contributed by atoms with Crippen molar-refractivity contribution in [3.05, 3.63) is 22.4 Å². The summed E-state index contributed by atoms with van der Waals surface area (Å²) < 4.78 is 0. The Morgan fingerprint density at radius 1 is 1.50 bits per heavy atom. The summed E-state index contributed by atoms with van der Waals surface area (Å²) in [7, 11) is 0. The maximum absolute atomic E-state index is 12.3. The number of hydrogen-bond donors (Lipinski definition) is 2.